The lowest BCUT2D eigenvalue weighted by atomic mass is 9.79. The lowest BCUT2D eigenvalue weighted by Gasteiger charge is -2.36. The Morgan fingerprint density at radius 3 is 2.89 bits per heavy atom. The molecule has 0 aromatic carbocycles. The maximum absolute atomic E-state index is 11.6. The Bertz CT molecular complexity index is 363. The summed E-state index contributed by atoms with van der Waals surface area (Å²) in [4.78, 5) is 22.9. The summed E-state index contributed by atoms with van der Waals surface area (Å²) in [6.45, 7) is 2.87. The number of rotatable bonds is 5. The molecule has 2 N–H and O–H groups in total. The summed E-state index contributed by atoms with van der Waals surface area (Å²) >= 11 is 0. The maximum Gasteiger partial charge on any atom is 0.245 e. The van der Waals surface area contributed by atoms with Crippen molar-refractivity contribution in [1.29, 1.82) is 0 Å². The van der Waals surface area contributed by atoms with E-state index in [1.54, 1.807) is 6.08 Å². The van der Waals surface area contributed by atoms with E-state index in [4.69, 9.17) is 0 Å². The summed E-state index contributed by atoms with van der Waals surface area (Å²) in [6, 6.07) is 0. The third kappa shape index (κ3) is 3.12. The number of unbranched alkanes of at least 4 members (excludes halogenated alkanes) is 3. The summed E-state index contributed by atoms with van der Waals surface area (Å²) in [7, 11) is 0. The van der Waals surface area contributed by atoms with E-state index in [1.165, 1.54) is 25.7 Å². The molecule has 0 bridgehead atoms. The van der Waals surface area contributed by atoms with E-state index in [1.807, 2.05) is 0 Å². The van der Waals surface area contributed by atoms with Crippen LogP contribution in [-0.2, 0) is 9.59 Å². The van der Waals surface area contributed by atoms with Crippen molar-refractivity contribution in [2.45, 2.75) is 45.4 Å². The van der Waals surface area contributed by atoms with E-state index in [0.29, 0.717) is 24.8 Å². The average molecular weight is 250 g/mol. The fraction of sp³-hybridized carbons (Fsp3) is 0.714. The molecule has 1 saturated heterocycles. The lowest BCUT2D eigenvalue weighted by Crippen LogP contribution is -2.47. The number of fused-ring (bicyclic) bond motifs is 1. The van der Waals surface area contributed by atoms with Crippen LogP contribution in [-0.4, -0.2) is 18.4 Å². The second-order valence-electron chi connectivity index (χ2n) is 5.31. The van der Waals surface area contributed by atoms with Crippen LogP contribution in [0.15, 0.2) is 11.8 Å². The Morgan fingerprint density at radius 2 is 2.11 bits per heavy atom. The topological polar surface area (TPSA) is 58.2 Å². The van der Waals surface area contributed by atoms with Crippen LogP contribution in [0.4, 0.5) is 0 Å². The molecular formula is C14H22N2O2. The first kappa shape index (κ1) is 13.1. The van der Waals surface area contributed by atoms with E-state index in [-0.39, 0.29) is 11.8 Å². The number of carbonyl (C=O) groups is 2. The second kappa shape index (κ2) is 6.03. The highest BCUT2D eigenvalue weighted by atomic mass is 16.2. The van der Waals surface area contributed by atoms with Gasteiger partial charge in [-0.2, -0.15) is 0 Å². The Labute approximate surface area is 108 Å². The van der Waals surface area contributed by atoms with Crippen molar-refractivity contribution in [2.24, 2.45) is 11.8 Å². The van der Waals surface area contributed by atoms with Gasteiger partial charge in [0.1, 0.15) is 0 Å². The normalized spacial score (nSPS) is 27.1. The molecule has 1 fully saturated rings. The fourth-order valence-electron chi connectivity index (χ4n) is 2.90. The Morgan fingerprint density at radius 1 is 1.28 bits per heavy atom. The summed E-state index contributed by atoms with van der Waals surface area (Å²) in [5.41, 5.74) is 0.829. The number of piperidine rings is 1. The smallest absolute Gasteiger partial charge is 0.245 e. The summed E-state index contributed by atoms with van der Waals surface area (Å²) in [5.74, 6) is 0.672. The third-order valence-electron chi connectivity index (χ3n) is 3.91. The van der Waals surface area contributed by atoms with Crippen LogP contribution in [0.3, 0.4) is 0 Å². The molecule has 4 nitrogen and oxygen atoms in total. The largest absolute Gasteiger partial charge is 0.352 e. The number of carbonyl (C=O) groups excluding carboxylic acids is 2. The first-order valence-electron chi connectivity index (χ1n) is 7.00. The number of hydrogen-bond acceptors (Lipinski definition) is 2. The molecular weight excluding hydrogens is 228 g/mol. The van der Waals surface area contributed by atoms with Crippen LogP contribution in [0.25, 0.3) is 0 Å². The molecule has 0 spiro atoms. The average Bonchev–Trinajstić information content (AvgIpc) is 2.33. The Hall–Kier alpha value is -1.32. The molecule has 0 radical (unpaired) electrons. The molecule has 18 heavy (non-hydrogen) atoms. The SMILES string of the molecule is CCCCCC[C@H]1CC(=O)NC2=CC(=O)NC[C@@H]21. The van der Waals surface area contributed by atoms with Gasteiger partial charge in [-0.25, -0.2) is 0 Å². The predicted molar refractivity (Wildman–Crippen MR) is 69.6 cm³/mol. The van der Waals surface area contributed by atoms with Gasteiger partial charge in [0.2, 0.25) is 11.8 Å². The van der Waals surface area contributed by atoms with Crippen LogP contribution in [0.5, 0.6) is 0 Å². The maximum atomic E-state index is 11.6. The molecule has 2 amide bonds. The van der Waals surface area contributed by atoms with Gasteiger partial charge in [-0.15, -0.1) is 0 Å². The van der Waals surface area contributed by atoms with E-state index in [9.17, 15) is 9.59 Å². The van der Waals surface area contributed by atoms with Crippen molar-refractivity contribution in [3.63, 3.8) is 0 Å². The number of nitrogens with one attached hydrogen (secondary N) is 2. The van der Waals surface area contributed by atoms with Crippen molar-refractivity contribution < 1.29 is 9.59 Å². The van der Waals surface area contributed by atoms with Crippen molar-refractivity contribution >= 4 is 11.8 Å². The molecule has 0 aromatic heterocycles. The van der Waals surface area contributed by atoms with Crippen LogP contribution < -0.4 is 10.6 Å². The number of hydrogen-bond donors (Lipinski definition) is 2. The minimum absolute atomic E-state index is 0.0627. The van der Waals surface area contributed by atoms with Crippen LogP contribution in [0.2, 0.25) is 0 Å². The van der Waals surface area contributed by atoms with Gasteiger partial charge in [-0.3, -0.25) is 9.59 Å². The van der Waals surface area contributed by atoms with Crippen molar-refractivity contribution in [1.82, 2.24) is 10.6 Å². The van der Waals surface area contributed by atoms with E-state index < -0.39 is 0 Å². The minimum Gasteiger partial charge on any atom is -0.352 e. The van der Waals surface area contributed by atoms with Gasteiger partial charge >= 0.3 is 0 Å². The molecule has 100 valence electrons. The van der Waals surface area contributed by atoms with E-state index >= 15 is 0 Å². The zero-order chi connectivity index (χ0) is 13.0. The number of amides is 2. The first-order chi connectivity index (χ1) is 8.70. The highest BCUT2D eigenvalue weighted by Crippen LogP contribution is 2.32. The second-order valence-corrected chi connectivity index (χ2v) is 5.31. The van der Waals surface area contributed by atoms with Gasteiger partial charge in [0, 0.05) is 30.7 Å². The van der Waals surface area contributed by atoms with Crippen LogP contribution >= 0.6 is 0 Å². The minimum atomic E-state index is -0.0896. The molecule has 4 heteroatoms. The summed E-state index contributed by atoms with van der Waals surface area (Å²) < 4.78 is 0. The van der Waals surface area contributed by atoms with E-state index in [2.05, 4.69) is 17.6 Å². The molecule has 2 heterocycles. The van der Waals surface area contributed by atoms with Gasteiger partial charge in [0.05, 0.1) is 0 Å². The zero-order valence-corrected chi connectivity index (χ0v) is 11.0. The summed E-state index contributed by atoms with van der Waals surface area (Å²) in [5, 5.41) is 5.70. The monoisotopic (exact) mass is 250 g/mol. The van der Waals surface area contributed by atoms with Gasteiger partial charge in [0.25, 0.3) is 0 Å². The fourth-order valence-corrected chi connectivity index (χ4v) is 2.90. The van der Waals surface area contributed by atoms with Gasteiger partial charge in [-0.05, 0) is 12.3 Å². The van der Waals surface area contributed by atoms with Crippen LogP contribution in [0.1, 0.15) is 45.4 Å². The third-order valence-corrected chi connectivity index (χ3v) is 3.91. The molecule has 0 aliphatic carbocycles. The summed E-state index contributed by atoms with van der Waals surface area (Å²) in [6.07, 6.45) is 8.16. The lowest BCUT2D eigenvalue weighted by molar-refractivity contribution is -0.123. The molecule has 0 unspecified atom stereocenters. The molecule has 0 saturated carbocycles. The van der Waals surface area contributed by atoms with Gasteiger partial charge in [-0.1, -0.05) is 32.6 Å². The zero-order valence-electron chi connectivity index (χ0n) is 11.0. The van der Waals surface area contributed by atoms with E-state index in [0.717, 1.165) is 12.1 Å². The predicted octanol–water partition coefficient (Wildman–Crippen LogP) is 1.72. The quantitative estimate of drug-likeness (QED) is 0.730. The first-order valence-corrected chi connectivity index (χ1v) is 7.00. The van der Waals surface area contributed by atoms with Crippen LogP contribution in [0, 0.1) is 11.8 Å². The van der Waals surface area contributed by atoms with Crippen molar-refractivity contribution in [3.05, 3.63) is 11.8 Å². The Kier molecular flexibility index (Phi) is 4.39. The molecule has 2 aliphatic rings. The van der Waals surface area contributed by atoms with Crippen molar-refractivity contribution in [3.8, 4) is 0 Å². The Balaban J connectivity index is 1.94. The van der Waals surface area contributed by atoms with Gasteiger partial charge < -0.3 is 10.6 Å². The highest BCUT2D eigenvalue weighted by Gasteiger charge is 2.34. The molecule has 2 aliphatic heterocycles. The van der Waals surface area contributed by atoms with Crippen molar-refractivity contribution in [2.75, 3.05) is 6.54 Å². The standard InChI is InChI=1S/C14H22N2O2/c1-2-3-4-5-6-10-7-14(18)16-12-8-13(17)15-9-11(10)12/h8,10-11H,2-7,9H2,1H3,(H,15,17)(H,16,18)/t10-,11+/m0/s1. The molecule has 2 rings (SSSR count). The molecule has 2 atom stereocenters. The highest BCUT2D eigenvalue weighted by molar-refractivity contribution is 5.91. The molecule has 0 aromatic rings. The van der Waals surface area contributed by atoms with Gasteiger partial charge in [0.15, 0.2) is 0 Å².